The molecule has 2 aliphatic carbocycles. The molecule has 2 saturated carbocycles. The highest BCUT2D eigenvalue weighted by atomic mass is 16.7. The van der Waals surface area contributed by atoms with Crippen LogP contribution in [0.3, 0.4) is 0 Å². The molecule has 1 saturated heterocycles. The van der Waals surface area contributed by atoms with E-state index < -0.39 is 0 Å². The van der Waals surface area contributed by atoms with E-state index in [9.17, 15) is 4.79 Å². The van der Waals surface area contributed by atoms with Crippen LogP contribution in [0.25, 0.3) is 0 Å². The van der Waals surface area contributed by atoms with Crippen molar-refractivity contribution in [2.24, 2.45) is 11.3 Å². The first-order chi connectivity index (χ1) is 13.3. The molecule has 3 aliphatic rings. The van der Waals surface area contributed by atoms with Gasteiger partial charge in [0.15, 0.2) is 6.29 Å². The molecular weight excluding hydrogens is 338 g/mol. The van der Waals surface area contributed by atoms with Gasteiger partial charge in [0.1, 0.15) is 0 Å². The topological polar surface area (TPSA) is 47.6 Å². The van der Waals surface area contributed by atoms with Gasteiger partial charge in [-0.2, -0.15) is 0 Å². The summed E-state index contributed by atoms with van der Waals surface area (Å²) in [5.41, 5.74) is 1.45. The summed E-state index contributed by atoms with van der Waals surface area (Å²) in [6, 6.07) is 10.4. The number of hydrogen-bond acceptors (Lipinski definition) is 3. The molecule has 1 heterocycles. The van der Waals surface area contributed by atoms with Crippen molar-refractivity contribution in [2.45, 2.75) is 70.0 Å². The van der Waals surface area contributed by atoms with Crippen LogP contribution >= 0.6 is 0 Å². The zero-order chi connectivity index (χ0) is 18.5. The van der Waals surface area contributed by atoms with E-state index in [0.717, 1.165) is 39.0 Å². The summed E-state index contributed by atoms with van der Waals surface area (Å²) in [5.74, 6) is 0.813. The molecule has 1 aromatic rings. The fourth-order valence-corrected chi connectivity index (χ4v) is 5.08. The Morgan fingerprint density at radius 1 is 1.04 bits per heavy atom. The Labute approximate surface area is 163 Å². The van der Waals surface area contributed by atoms with Crippen molar-refractivity contribution in [3.8, 4) is 0 Å². The number of hydrogen-bond donors (Lipinski definition) is 1. The molecule has 1 aromatic carbocycles. The Hall–Kier alpha value is -1.39. The first-order valence-electron chi connectivity index (χ1n) is 10.8. The van der Waals surface area contributed by atoms with Gasteiger partial charge in [-0.25, -0.2) is 0 Å². The van der Waals surface area contributed by atoms with Gasteiger partial charge in [0.2, 0.25) is 5.91 Å². The maximum absolute atomic E-state index is 12.5. The summed E-state index contributed by atoms with van der Waals surface area (Å²) in [6.07, 6.45) is 10.7. The van der Waals surface area contributed by atoms with E-state index in [1.165, 1.54) is 44.1 Å². The summed E-state index contributed by atoms with van der Waals surface area (Å²) in [5, 5.41) is 3.19. The average molecular weight is 372 g/mol. The molecule has 148 valence electrons. The van der Waals surface area contributed by atoms with E-state index in [1.54, 1.807) is 0 Å². The van der Waals surface area contributed by atoms with Crippen LogP contribution in [0.5, 0.6) is 0 Å². The standard InChI is InChI=1S/C23H33NO3/c25-21(20-17-19(20)18-9-4-3-5-10-18)24-14-8-13-23(22-26-15-16-27-22)11-6-1-2-7-12-23/h3-5,9-10,19-20,22H,1-2,6-8,11-17H2,(H,24,25)/t19-,20+/m1/s1. The van der Waals surface area contributed by atoms with E-state index in [1.807, 2.05) is 6.07 Å². The first kappa shape index (κ1) is 18.9. The third kappa shape index (κ3) is 4.55. The van der Waals surface area contributed by atoms with Gasteiger partial charge in [0.25, 0.3) is 0 Å². The van der Waals surface area contributed by atoms with E-state index in [0.29, 0.717) is 5.92 Å². The van der Waals surface area contributed by atoms with Gasteiger partial charge in [-0.3, -0.25) is 4.79 Å². The van der Waals surface area contributed by atoms with Gasteiger partial charge >= 0.3 is 0 Å². The molecule has 0 radical (unpaired) electrons. The Morgan fingerprint density at radius 2 is 1.74 bits per heavy atom. The zero-order valence-corrected chi connectivity index (χ0v) is 16.3. The number of nitrogens with one attached hydrogen (secondary N) is 1. The van der Waals surface area contributed by atoms with Gasteiger partial charge in [0.05, 0.1) is 13.2 Å². The Morgan fingerprint density at radius 3 is 2.44 bits per heavy atom. The molecular formula is C23H33NO3. The monoisotopic (exact) mass is 371 g/mol. The van der Waals surface area contributed by atoms with E-state index in [4.69, 9.17) is 9.47 Å². The molecule has 1 amide bonds. The number of rotatable bonds is 7. The van der Waals surface area contributed by atoms with Crippen LogP contribution in [-0.4, -0.2) is 32.0 Å². The van der Waals surface area contributed by atoms with Crippen molar-refractivity contribution in [3.63, 3.8) is 0 Å². The van der Waals surface area contributed by atoms with Crippen LogP contribution in [0.2, 0.25) is 0 Å². The lowest BCUT2D eigenvalue weighted by Gasteiger charge is -2.37. The van der Waals surface area contributed by atoms with Crippen LogP contribution in [-0.2, 0) is 14.3 Å². The summed E-state index contributed by atoms with van der Waals surface area (Å²) in [6.45, 7) is 2.22. The van der Waals surface area contributed by atoms with Crippen LogP contribution in [0.4, 0.5) is 0 Å². The summed E-state index contributed by atoms with van der Waals surface area (Å²) in [7, 11) is 0. The molecule has 0 bridgehead atoms. The minimum absolute atomic E-state index is 0.0304. The molecule has 4 heteroatoms. The molecule has 0 aromatic heterocycles. The van der Waals surface area contributed by atoms with Crippen molar-refractivity contribution in [1.82, 2.24) is 5.32 Å². The lowest BCUT2D eigenvalue weighted by molar-refractivity contribution is -0.143. The molecule has 1 aliphatic heterocycles. The van der Waals surface area contributed by atoms with Crippen molar-refractivity contribution in [3.05, 3.63) is 35.9 Å². The third-order valence-electron chi connectivity index (χ3n) is 6.73. The van der Waals surface area contributed by atoms with Crippen LogP contribution in [0, 0.1) is 11.3 Å². The zero-order valence-electron chi connectivity index (χ0n) is 16.3. The maximum Gasteiger partial charge on any atom is 0.223 e. The maximum atomic E-state index is 12.5. The van der Waals surface area contributed by atoms with Gasteiger partial charge in [0, 0.05) is 17.9 Å². The second-order valence-electron chi connectivity index (χ2n) is 8.60. The van der Waals surface area contributed by atoms with Crippen molar-refractivity contribution >= 4 is 5.91 Å². The van der Waals surface area contributed by atoms with Crippen molar-refractivity contribution < 1.29 is 14.3 Å². The number of carbonyl (C=O) groups is 1. The predicted octanol–water partition coefficient (Wildman–Crippen LogP) is 4.40. The molecule has 4 rings (SSSR count). The largest absolute Gasteiger partial charge is 0.356 e. The number of carbonyl (C=O) groups excluding carboxylic acids is 1. The highest BCUT2D eigenvalue weighted by Gasteiger charge is 2.44. The fraction of sp³-hybridized carbons (Fsp3) is 0.696. The molecule has 0 spiro atoms. The number of amides is 1. The van der Waals surface area contributed by atoms with E-state index in [-0.39, 0.29) is 23.5 Å². The molecule has 27 heavy (non-hydrogen) atoms. The second kappa shape index (κ2) is 8.74. The molecule has 3 fully saturated rings. The Balaban J connectivity index is 1.24. The SMILES string of the molecule is O=C(NCCCC1(C2OCCO2)CCCCCC1)[C@H]1C[C@@H]1c1ccccc1. The summed E-state index contributed by atoms with van der Waals surface area (Å²) >= 11 is 0. The number of benzene rings is 1. The predicted molar refractivity (Wildman–Crippen MR) is 105 cm³/mol. The third-order valence-corrected chi connectivity index (χ3v) is 6.73. The van der Waals surface area contributed by atoms with Crippen molar-refractivity contribution in [2.75, 3.05) is 19.8 Å². The van der Waals surface area contributed by atoms with Gasteiger partial charge in [-0.1, -0.05) is 56.0 Å². The van der Waals surface area contributed by atoms with Gasteiger partial charge < -0.3 is 14.8 Å². The normalized spacial score (nSPS) is 27.9. The lowest BCUT2D eigenvalue weighted by atomic mass is 9.75. The van der Waals surface area contributed by atoms with Gasteiger partial charge in [-0.05, 0) is 43.6 Å². The second-order valence-corrected chi connectivity index (χ2v) is 8.60. The average Bonchev–Trinajstić information content (AvgIpc) is 3.39. The van der Waals surface area contributed by atoms with Gasteiger partial charge in [-0.15, -0.1) is 0 Å². The minimum atomic E-state index is -0.0304. The Bertz CT molecular complexity index is 603. The number of ether oxygens (including phenoxy) is 2. The minimum Gasteiger partial charge on any atom is -0.356 e. The smallest absolute Gasteiger partial charge is 0.223 e. The molecule has 2 atom stereocenters. The highest BCUT2D eigenvalue weighted by molar-refractivity contribution is 5.82. The fourth-order valence-electron chi connectivity index (χ4n) is 5.08. The highest BCUT2D eigenvalue weighted by Crippen LogP contribution is 2.47. The van der Waals surface area contributed by atoms with Crippen LogP contribution < -0.4 is 5.32 Å². The Kier molecular flexibility index (Phi) is 6.14. The quantitative estimate of drug-likeness (QED) is 0.571. The molecule has 0 unspecified atom stereocenters. The van der Waals surface area contributed by atoms with Crippen LogP contribution in [0.15, 0.2) is 30.3 Å². The molecule has 1 N–H and O–H groups in total. The molecule has 4 nitrogen and oxygen atoms in total. The van der Waals surface area contributed by atoms with Crippen LogP contribution in [0.1, 0.15) is 69.3 Å². The lowest BCUT2D eigenvalue weighted by Crippen LogP contribution is -2.37. The first-order valence-corrected chi connectivity index (χ1v) is 10.8. The summed E-state index contributed by atoms with van der Waals surface area (Å²) in [4.78, 5) is 12.5. The van der Waals surface area contributed by atoms with E-state index in [2.05, 4.69) is 29.6 Å². The summed E-state index contributed by atoms with van der Waals surface area (Å²) < 4.78 is 11.9. The van der Waals surface area contributed by atoms with E-state index >= 15 is 0 Å². The van der Waals surface area contributed by atoms with Crippen molar-refractivity contribution in [1.29, 1.82) is 0 Å².